The van der Waals surface area contributed by atoms with Crippen molar-refractivity contribution in [2.24, 2.45) is 52.3 Å². The number of hydrogen-bond donors (Lipinski definition) is 1. The van der Waals surface area contributed by atoms with E-state index in [0.717, 1.165) is 24.2 Å². The maximum atomic E-state index is 12.3. The summed E-state index contributed by atoms with van der Waals surface area (Å²) in [6, 6.07) is 0. The standard InChI is InChI=1S/C28H39NO4S/c1-16(4-9-25(31)29-34(32,33)18-5-6-18)21-7-8-22-26-20-15-19(20)24-14-17(30)10-12-28(24,3)23(26)11-13-27(21,22)2/h4,9,14,16,18-23,26H,5-8,10-13,15H2,1-3H3,(H,29,31)/b9-4+/t16-,19+,20-,21?,22?,23?,26?,27-,28-/m1/s1. The Balaban J connectivity index is 1.19. The Morgan fingerprint density at radius 3 is 2.62 bits per heavy atom. The van der Waals surface area contributed by atoms with Crippen LogP contribution in [0.4, 0.5) is 0 Å². The van der Waals surface area contributed by atoms with Crippen LogP contribution in [-0.4, -0.2) is 25.4 Å². The number of carbonyl (C=O) groups is 2. The van der Waals surface area contributed by atoms with E-state index in [9.17, 15) is 18.0 Å². The van der Waals surface area contributed by atoms with Crippen molar-refractivity contribution in [3.8, 4) is 0 Å². The molecule has 186 valence electrons. The number of allylic oxidation sites excluding steroid dienone is 2. The summed E-state index contributed by atoms with van der Waals surface area (Å²) in [5.74, 6) is 4.22. The molecule has 1 N–H and O–H groups in total. The van der Waals surface area contributed by atoms with Gasteiger partial charge < -0.3 is 0 Å². The van der Waals surface area contributed by atoms with Gasteiger partial charge >= 0.3 is 0 Å². The number of sulfonamides is 1. The largest absolute Gasteiger partial charge is 0.295 e. The second kappa shape index (κ2) is 7.54. The zero-order chi connectivity index (χ0) is 24.0. The number of amides is 1. The molecule has 34 heavy (non-hydrogen) atoms. The van der Waals surface area contributed by atoms with Gasteiger partial charge in [-0.1, -0.05) is 32.4 Å². The highest BCUT2D eigenvalue weighted by atomic mass is 32.2. The fraction of sp³-hybridized carbons (Fsp3) is 0.786. The van der Waals surface area contributed by atoms with Gasteiger partial charge in [0.25, 0.3) is 5.91 Å². The quantitative estimate of drug-likeness (QED) is 0.568. The lowest BCUT2D eigenvalue weighted by molar-refractivity contribution is -0.118. The minimum absolute atomic E-state index is 0.215. The maximum absolute atomic E-state index is 12.3. The summed E-state index contributed by atoms with van der Waals surface area (Å²) in [5, 5.41) is -0.381. The molecule has 0 aromatic heterocycles. The molecule has 6 heteroatoms. The summed E-state index contributed by atoms with van der Waals surface area (Å²) in [5.41, 5.74) is 1.99. The van der Waals surface area contributed by atoms with E-state index in [4.69, 9.17) is 0 Å². The topological polar surface area (TPSA) is 80.3 Å². The van der Waals surface area contributed by atoms with Gasteiger partial charge in [0.1, 0.15) is 0 Å². The molecule has 0 saturated heterocycles. The summed E-state index contributed by atoms with van der Waals surface area (Å²) in [4.78, 5) is 24.5. The molecule has 0 radical (unpaired) electrons. The molecule has 5 fully saturated rings. The van der Waals surface area contributed by atoms with E-state index in [2.05, 4.69) is 25.5 Å². The van der Waals surface area contributed by atoms with Crippen LogP contribution < -0.4 is 4.72 Å². The van der Waals surface area contributed by atoms with Crippen molar-refractivity contribution in [1.29, 1.82) is 0 Å². The van der Waals surface area contributed by atoms with Crippen molar-refractivity contribution >= 4 is 21.7 Å². The molecule has 4 unspecified atom stereocenters. The monoisotopic (exact) mass is 485 g/mol. The smallest absolute Gasteiger partial charge is 0.257 e. The van der Waals surface area contributed by atoms with Crippen molar-refractivity contribution in [1.82, 2.24) is 4.72 Å². The van der Waals surface area contributed by atoms with Crippen LogP contribution in [0.1, 0.15) is 78.6 Å². The predicted molar refractivity (Wildman–Crippen MR) is 131 cm³/mol. The maximum Gasteiger partial charge on any atom is 0.257 e. The zero-order valence-corrected chi connectivity index (χ0v) is 21.6. The number of carbonyl (C=O) groups excluding carboxylic acids is 2. The minimum atomic E-state index is -3.49. The second-order valence-electron chi connectivity index (χ2n) is 12.9. The molecule has 0 spiro atoms. The van der Waals surface area contributed by atoms with Crippen molar-refractivity contribution in [3.63, 3.8) is 0 Å². The summed E-state index contributed by atoms with van der Waals surface area (Å²) in [7, 11) is -3.49. The molecule has 9 atom stereocenters. The zero-order valence-electron chi connectivity index (χ0n) is 20.8. The van der Waals surface area contributed by atoms with E-state index in [1.54, 1.807) is 0 Å². The van der Waals surface area contributed by atoms with Crippen LogP contribution >= 0.6 is 0 Å². The minimum Gasteiger partial charge on any atom is -0.295 e. The van der Waals surface area contributed by atoms with Crippen LogP contribution in [0.15, 0.2) is 23.8 Å². The molecule has 0 aromatic carbocycles. The molecule has 0 bridgehead atoms. The molecule has 5 nitrogen and oxygen atoms in total. The average molecular weight is 486 g/mol. The van der Waals surface area contributed by atoms with Gasteiger partial charge in [0.15, 0.2) is 5.78 Å². The van der Waals surface area contributed by atoms with Gasteiger partial charge in [-0.3, -0.25) is 9.59 Å². The first kappa shape index (κ1) is 23.0. The van der Waals surface area contributed by atoms with Gasteiger partial charge in [-0.2, -0.15) is 0 Å². The summed E-state index contributed by atoms with van der Waals surface area (Å²) in [6.45, 7) is 7.18. The van der Waals surface area contributed by atoms with E-state index in [0.29, 0.717) is 42.8 Å². The fourth-order valence-corrected chi connectivity index (χ4v) is 10.6. The second-order valence-corrected chi connectivity index (χ2v) is 14.9. The third kappa shape index (κ3) is 3.41. The Bertz CT molecular complexity index is 1090. The van der Waals surface area contributed by atoms with Gasteiger partial charge in [-0.25, -0.2) is 13.1 Å². The van der Waals surface area contributed by atoms with E-state index in [1.807, 2.05) is 12.2 Å². The van der Waals surface area contributed by atoms with E-state index < -0.39 is 15.9 Å². The fourth-order valence-electron chi connectivity index (χ4n) is 9.31. The van der Waals surface area contributed by atoms with Gasteiger partial charge in [0.05, 0.1) is 5.25 Å². The molecule has 0 aromatic rings. The molecule has 0 heterocycles. The van der Waals surface area contributed by atoms with Crippen LogP contribution in [0.5, 0.6) is 0 Å². The van der Waals surface area contributed by atoms with Crippen molar-refractivity contribution in [3.05, 3.63) is 23.8 Å². The Labute approximate surface area is 204 Å². The van der Waals surface area contributed by atoms with Crippen LogP contribution in [0.25, 0.3) is 0 Å². The summed E-state index contributed by atoms with van der Waals surface area (Å²) < 4.78 is 26.4. The number of rotatable bonds is 5. The summed E-state index contributed by atoms with van der Waals surface area (Å²) in [6.07, 6.45) is 14.7. The summed E-state index contributed by atoms with van der Waals surface area (Å²) >= 11 is 0. The predicted octanol–water partition coefficient (Wildman–Crippen LogP) is 4.79. The van der Waals surface area contributed by atoms with Crippen LogP contribution in [0.2, 0.25) is 0 Å². The molecule has 6 aliphatic rings. The first-order valence-electron chi connectivity index (χ1n) is 13.5. The molecule has 6 aliphatic carbocycles. The molecule has 6 rings (SSSR count). The first-order chi connectivity index (χ1) is 16.0. The lowest BCUT2D eigenvalue weighted by Crippen LogP contribution is -2.52. The normalized spacial score (nSPS) is 46.1. The third-order valence-corrected chi connectivity index (χ3v) is 13.1. The van der Waals surface area contributed by atoms with Crippen molar-refractivity contribution in [2.75, 3.05) is 0 Å². The molecule has 5 saturated carbocycles. The van der Waals surface area contributed by atoms with Gasteiger partial charge in [-0.05, 0) is 110 Å². The van der Waals surface area contributed by atoms with Gasteiger partial charge in [0.2, 0.25) is 10.0 Å². The molecular formula is C28H39NO4S. The first-order valence-corrected chi connectivity index (χ1v) is 15.1. The SMILES string of the molecule is C[C@H](/C=C/C(=O)NS(=O)(=O)C1CC1)C1CCC2C3C(CC[C@@]21C)[C@@]1(C)CCC(=O)C=C1[C@H]1C[C@@H]31. The Kier molecular flexibility index (Phi) is 5.10. The molecule has 1 amide bonds. The van der Waals surface area contributed by atoms with Crippen LogP contribution in [-0.2, 0) is 19.6 Å². The van der Waals surface area contributed by atoms with E-state index in [-0.39, 0.29) is 22.0 Å². The molecular weight excluding hydrogens is 446 g/mol. The van der Waals surface area contributed by atoms with Gasteiger partial charge in [-0.15, -0.1) is 0 Å². The number of nitrogens with one attached hydrogen (secondary N) is 1. The Morgan fingerprint density at radius 1 is 1.12 bits per heavy atom. The number of ketones is 1. The van der Waals surface area contributed by atoms with Gasteiger partial charge in [0, 0.05) is 12.5 Å². The van der Waals surface area contributed by atoms with Crippen LogP contribution in [0.3, 0.4) is 0 Å². The third-order valence-electron chi connectivity index (χ3n) is 11.2. The lowest BCUT2D eigenvalue weighted by atomic mass is 9.46. The highest BCUT2D eigenvalue weighted by Crippen LogP contribution is 2.74. The highest BCUT2D eigenvalue weighted by molar-refractivity contribution is 7.91. The number of hydrogen-bond acceptors (Lipinski definition) is 4. The lowest BCUT2D eigenvalue weighted by Gasteiger charge is -2.58. The number of fused-ring (bicyclic) bond motifs is 8. The van der Waals surface area contributed by atoms with Crippen molar-refractivity contribution in [2.45, 2.75) is 83.8 Å². The average Bonchev–Trinajstić information content (AvgIpc) is 3.68. The van der Waals surface area contributed by atoms with E-state index >= 15 is 0 Å². The highest BCUT2D eigenvalue weighted by Gasteiger charge is 2.67. The van der Waals surface area contributed by atoms with E-state index in [1.165, 1.54) is 43.8 Å². The van der Waals surface area contributed by atoms with Crippen molar-refractivity contribution < 1.29 is 18.0 Å². The Morgan fingerprint density at radius 2 is 1.88 bits per heavy atom. The molecule has 0 aliphatic heterocycles. The Hall–Kier alpha value is -1.43. The van der Waals surface area contributed by atoms with Crippen LogP contribution in [0, 0.1) is 52.3 Å².